The minimum absolute atomic E-state index is 0.0626. The average molecular weight is 253 g/mol. The number of terminal acetylenes is 1. The zero-order valence-corrected chi connectivity index (χ0v) is 10.2. The molecule has 0 aliphatic carbocycles. The van der Waals surface area contributed by atoms with Gasteiger partial charge >= 0.3 is 5.97 Å². The fraction of sp³-hybridized carbons (Fsp3) is 0.333. The van der Waals surface area contributed by atoms with Gasteiger partial charge in [-0.05, 0) is 18.6 Å². The Morgan fingerprint density at radius 3 is 2.94 bits per heavy atom. The minimum Gasteiger partial charge on any atom is -0.478 e. The first-order chi connectivity index (χ1) is 8.06. The van der Waals surface area contributed by atoms with E-state index in [2.05, 4.69) is 16.2 Å². The number of carboxylic acid groups (broad SMARTS) is 1. The van der Waals surface area contributed by atoms with Crippen LogP contribution >= 0.6 is 11.6 Å². The van der Waals surface area contributed by atoms with Crippen LogP contribution in [0, 0.1) is 12.3 Å². The van der Waals surface area contributed by atoms with E-state index in [1.54, 1.807) is 0 Å². The van der Waals surface area contributed by atoms with E-state index in [9.17, 15) is 4.79 Å². The second kappa shape index (κ2) is 6.12. The second-order valence-electron chi connectivity index (χ2n) is 3.53. The summed E-state index contributed by atoms with van der Waals surface area (Å²) in [5.41, 5.74) is 0.100. The number of halogens is 1. The van der Waals surface area contributed by atoms with Gasteiger partial charge in [-0.2, -0.15) is 0 Å². The molecular weight excluding hydrogens is 240 g/mol. The third kappa shape index (κ3) is 3.97. The third-order valence-corrected chi connectivity index (χ3v) is 2.44. The SMILES string of the molecule is C#CCC(CC)Nc1cc(C(=O)O)cc(Cl)n1. The van der Waals surface area contributed by atoms with Crippen molar-refractivity contribution in [2.45, 2.75) is 25.8 Å². The molecule has 1 rings (SSSR count). The molecule has 0 spiro atoms. The Morgan fingerprint density at radius 1 is 1.71 bits per heavy atom. The van der Waals surface area contributed by atoms with Crippen molar-refractivity contribution in [3.8, 4) is 12.3 Å². The molecule has 17 heavy (non-hydrogen) atoms. The van der Waals surface area contributed by atoms with Gasteiger partial charge in [0.15, 0.2) is 0 Å². The van der Waals surface area contributed by atoms with Gasteiger partial charge in [0.1, 0.15) is 11.0 Å². The van der Waals surface area contributed by atoms with Gasteiger partial charge in [-0.1, -0.05) is 18.5 Å². The lowest BCUT2D eigenvalue weighted by atomic mass is 10.1. The number of hydrogen-bond donors (Lipinski definition) is 2. The van der Waals surface area contributed by atoms with E-state index >= 15 is 0 Å². The molecule has 4 nitrogen and oxygen atoms in total. The predicted octanol–water partition coefficient (Wildman–Crippen LogP) is 2.65. The summed E-state index contributed by atoms with van der Waals surface area (Å²) in [5.74, 6) is 1.94. The fourth-order valence-electron chi connectivity index (χ4n) is 1.34. The first-order valence-corrected chi connectivity index (χ1v) is 5.55. The van der Waals surface area contributed by atoms with E-state index in [4.69, 9.17) is 23.1 Å². The Bertz CT molecular complexity index is 454. The maximum atomic E-state index is 10.8. The molecule has 1 atom stereocenters. The number of hydrogen-bond acceptors (Lipinski definition) is 3. The van der Waals surface area contributed by atoms with Crippen molar-refractivity contribution in [3.05, 3.63) is 22.8 Å². The third-order valence-electron chi connectivity index (χ3n) is 2.25. The highest BCUT2D eigenvalue weighted by molar-refractivity contribution is 6.29. The predicted molar refractivity (Wildman–Crippen MR) is 67.4 cm³/mol. The quantitative estimate of drug-likeness (QED) is 0.625. The average Bonchev–Trinajstić information content (AvgIpc) is 2.27. The van der Waals surface area contributed by atoms with Crippen molar-refractivity contribution in [2.75, 3.05) is 5.32 Å². The molecule has 0 saturated heterocycles. The van der Waals surface area contributed by atoms with E-state index < -0.39 is 5.97 Å². The minimum atomic E-state index is -1.04. The van der Waals surface area contributed by atoms with E-state index in [1.165, 1.54) is 12.1 Å². The summed E-state index contributed by atoms with van der Waals surface area (Å²) >= 11 is 5.74. The van der Waals surface area contributed by atoms with Crippen LogP contribution in [0.4, 0.5) is 5.82 Å². The standard InChI is InChI=1S/C12H13ClN2O2/c1-3-5-9(4-2)14-11-7-8(12(16)17)6-10(13)15-11/h1,6-7,9H,4-5H2,2H3,(H,14,15)(H,16,17). The van der Waals surface area contributed by atoms with Crippen LogP contribution in [-0.2, 0) is 0 Å². The molecular formula is C12H13ClN2O2. The lowest BCUT2D eigenvalue weighted by Gasteiger charge is -2.15. The molecule has 0 amide bonds. The molecule has 0 aromatic carbocycles. The van der Waals surface area contributed by atoms with Gasteiger partial charge in [0.05, 0.1) is 5.56 Å². The summed E-state index contributed by atoms with van der Waals surface area (Å²) in [4.78, 5) is 14.8. The first kappa shape index (κ1) is 13.3. The molecule has 0 radical (unpaired) electrons. The fourth-order valence-corrected chi connectivity index (χ4v) is 1.55. The van der Waals surface area contributed by atoms with Crippen LogP contribution in [0.1, 0.15) is 30.1 Å². The van der Waals surface area contributed by atoms with Gasteiger partial charge in [-0.15, -0.1) is 12.3 Å². The van der Waals surface area contributed by atoms with Crippen LogP contribution in [0.15, 0.2) is 12.1 Å². The van der Waals surface area contributed by atoms with Gasteiger partial charge in [0.25, 0.3) is 0 Å². The summed E-state index contributed by atoms with van der Waals surface area (Å²) in [6, 6.07) is 2.80. The van der Waals surface area contributed by atoms with E-state index in [-0.39, 0.29) is 16.8 Å². The zero-order valence-electron chi connectivity index (χ0n) is 9.40. The Morgan fingerprint density at radius 2 is 2.41 bits per heavy atom. The Kier molecular flexibility index (Phi) is 4.80. The topological polar surface area (TPSA) is 62.2 Å². The number of pyridine rings is 1. The smallest absolute Gasteiger partial charge is 0.335 e. The highest BCUT2D eigenvalue weighted by Crippen LogP contribution is 2.16. The van der Waals surface area contributed by atoms with Crippen LogP contribution in [-0.4, -0.2) is 22.1 Å². The number of rotatable bonds is 5. The lowest BCUT2D eigenvalue weighted by molar-refractivity contribution is 0.0697. The van der Waals surface area contributed by atoms with Crippen LogP contribution in [0.2, 0.25) is 5.15 Å². The first-order valence-electron chi connectivity index (χ1n) is 5.17. The summed E-state index contributed by atoms with van der Waals surface area (Å²) in [6.07, 6.45) is 6.61. The number of aromatic carboxylic acids is 1. The van der Waals surface area contributed by atoms with Crippen LogP contribution in [0.25, 0.3) is 0 Å². The van der Waals surface area contributed by atoms with Gasteiger partial charge in [-0.3, -0.25) is 0 Å². The molecule has 0 aliphatic rings. The van der Waals surface area contributed by atoms with Crippen molar-refractivity contribution in [2.24, 2.45) is 0 Å². The molecule has 0 bridgehead atoms. The molecule has 1 heterocycles. The molecule has 1 unspecified atom stereocenters. The molecule has 0 aliphatic heterocycles. The second-order valence-corrected chi connectivity index (χ2v) is 3.91. The molecule has 0 fully saturated rings. The Balaban J connectivity index is 2.91. The largest absolute Gasteiger partial charge is 0.478 e. The summed E-state index contributed by atoms with van der Waals surface area (Å²) in [7, 11) is 0. The zero-order chi connectivity index (χ0) is 12.8. The van der Waals surface area contributed by atoms with E-state index in [1.807, 2.05) is 6.92 Å². The van der Waals surface area contributed by atoms with Crippen molar-refractivity contribution >= 4 is 23.4 Å². The van der Waals surface area contributed by atoms with Crippen molar-refractivity contribution < 1.29 is 9.90 Å². The van der Waals surface area contributed by atoms with E-state index in [0.717, 1.165) is 6.42 Å². The highest BCUT2D eigenvalue weighted by Gasteiger charge is 2.10. The summed E-state index contributed by atoms with van der Waals surface area (Å²) in [6.45, 7) is 1.98. The number of anilines is 1. The Hall–Kier alpha value is -1.73. The molecule has 1 aromatic heterocycles. The molecule has 1 aromatic rings. The maximum Gasteiger partial charge on any atom is 0.335 e. The van der Waals surface area contributed by atoms with Crippen molar-refractivity contribution in [1.82, 2.24) is 4.98 Å². The molecule has 90 valence electrons. The lowest BCUT2D eigenvalue weighted by Crippen LogP contribution is -2.18. The van der Waals surface area contributed by atoms with Gasteiger partial charge in [0, 0.05) is 12.5 Å². The summed E-state index contributed by atoms with van der Waals surface area (Å²) < 4.78 is 0. The monoisotopic (exact) mass is 252 g/mol. The summed E-state index contributed by atoms with van der Waals surface area (Å²) in [5, 5.41) is 12.1. The van der Waals surface area contributed by atoms with E-state index in [0.29, 0.717) is 12.2 Å². The van der Waals surface area contributed by atoms with Crippen molar-refractivity contribution in [3.63, 3.8) is 0 Å². The maximum absolute atomic E-state index is 10.8. The van der Waals surface area contributed by atoms with Gasteiger partial charge in [0.2, 0.25) is 0 Å². The number of carbonyl (C=O) groups is 1. The van der Waals surface area contributed by atoms with Crippen molar-refractivity contribution in [1.29, 1.82) is 0 Å². The number of aromatic nitrogens is 1. The number of nitrogens with zero attached hydrogens (tertiary/aromatic N) is 1. The van der Waals surface area contributed by atoms with Crippen LogP contribution in [0.3, 0.4) is 0 Å². The Labute approximate surface area is 105 Å². The van der Waals surface area contributed by atoms with Crippen LogP contribution < -0.4 is 5.32 Å². The molecule has 2 N–H and O–H groups in total. The molecule has 0 saturated carbocycles. The normalized spacial score (nSPS) is 11.6. The number of carboxylic acids is 1. The van der Waals surface area contributed by atoms with Gasteiger partial charge in [-0.25, -0.2) is 9.78 Å². The van der Waals surface area contributed by atoms with Gasteiger partial charge < -0.3 is 10.4 Å². The highest BCUT2D eigenvalue weighted by atomic mass is 35.5. The number of nitrogens with one attached hydrogen (secondary N) is 1. The van der Waals surface area contributed by atoms with Crippen LogP contribution in [0.5, 0.6) is 0 Å². The molecule has 5 heteroatoms.